The molecule has 1 fully saturated rings. The van der Waals surface area contributed by atoms with Gasteiger partial charge in [0.05, 0.1) is 30.4 Å². The van der Waals surface area contributed by atoms with Gasteiger partial charge in [-0.1, -0.05) is 29.8 Å². The second-order valence-electron chi connectivity index (χ2n) is 8.36. The summed E-state index contributed by atoms with van der Waals surface area (Å²) in [5.41, 5.74) is 3.27. The summed E-state index contributed by atoms with van der Waals surface area (Å²) in [6, 6.07) is 16.7. The second kappa shape index (κ2) is 9.84. The van der Waals surface area contributed by atoms with Crippen molar-refractivity contribution in [1.82, 2.24) is 0 Å². The lowest BCUT2D eigenvalue weighted by Crippen LogP contribution is -2.29. The molecule has 1 N–H and O–H groups in total. The molecule has 1 unspecified atom stereocenters. The van der Waals surface area contributed by atoms with Gasteiger partial charge in [-0.25, -0.2) is 0 Å². The number of ether oxygens (including phenoxy) is 2. The van der Waals surface area contributed by atoms with Crippen molar-refractivity contribution >= 4 is 34.7 Å². The van der Waals surface area contributed by atoms with Crippen molar-refractivity contribution < 1.29 is 24.2 Å². The number of rotatable bonds is 6. The van der Waals surface area contributed by atoms with Gasteiger partial charge in [-0.05, 0) is 79.9 Å². The number of carbonyl (C=O) groups is 2. The maximum atomic E-state index is 13.4. The molecule has 3 aromatic rings. The molecular formula is C28H26ClNO5. The number of hydrogen-bond acceptors (Lipinski definition) is 5. The van der Waals surface area contributed by atoms with Gasteiger partial charge >= 0.3 is 0 Å². The Morgan fingerprint density at radius 1 is 0.971 bits per heavy atom. The van der Waals surface area contributed by atoms with Crippen LogP contribution in [0.2, 0.25) is 5.02 Å². The number of halogens is 1. The van der Waals surface area contributed by atoms with Gasteiger partial charge in [-0.3, -0.25) is 14.5 Å². The van der Waals surface area contributed by atoms with Gasteiger partial charge in [0.25, 0.3) is 11.7 Å². The van der Waals surface area contributed by atoms with Gasteiger partial charge in [-0.15, -0.1) is 0 Å². The normalized spacial score (nSPS) is 17.1. The highest BCUT2D eigenvalue weighted by Gasteiger charge is 2.47. The van der Waals surface area contributed by atoms with Crippen LogP contribution in [0, 0.1) is 13.8 Å². The molecule has 0 spiro atoms. The number of amides is 1. The zero-order chi connectivity index (χ0) is 25.3. The highest BCUT2D eigenvalue weighted by atomic mass is 35.5. The molecule has 3 aromatic carbocycles. The third-order valence-corrected chi connectivity index (χ3v) is 6.19. The largest absolute Gasteiger partial charge is 0.507 e. The number of benzene rings is 3. The van der Waals surface area contributed by atoms with Gasteiger partial charge in [0.1, 0.15) is 17.3 Å². The standard InChI is InChI=1S/C28H26ClNO5/c1-5-35-21-10-11-23(29)22(15-21)26(31)24-25(18-6-8-20(34-4)9-7-18)30(28(33)27(24)32)19-13-16(2)12-17(3)14-19/h6-15,25,31H,5H2,1-4H3/b26-24+. The average molecular weight is 492 g/mol. The van der Waals surface area contributed by atoms with Gasteiger partial charge in [0.15, 0.2) is 0 Å². The predicted molar refractivity (Wildman–Crippen MR) is 136 cm³/mol. The van der Waals surface area contributed by atoms with Crippen molar-refractivity contribution in [3.63, 3.8) is 0 Å². The Bertz CT molecular complexity index is 1310. The molecule has 0 bridgehead atoms. The third-order valence-electron chi connectivity index (χ3n) is 5.86. The smallest absolute Gasteiger partial charge is 0.300 e. The number of ketones is 1. The summed E-state index contributed by atoms with van der Waals surface area (Å²) < 4.78 is 10.8. The molecule has 0 radical (unpaired) electrons. The lowest BCUT2D eigenvalue weighted by molar-refractivity contribution is -0.132. The number of Topliss-reactive ketones (excluding diaryl/α,β-unsaturated/α-hetero) is 1. The summed E-state index contributed by atoms with van der Waals surface area (Å²) in [6.45, 7) is 6.11. The van der Waals surface area contributed by atoms with Gasteiger partial charge in [0, 0.05) is 11.3 Å². The number of nitrogens with zero attached hydrogens (tertiary/aromatic N) is 1. The van der Waals surface area contributed by atoms with E-state index < -0.39 is 17.7 Å². The van der Waals surface area contributed by atoms with Crippen LogP contribution < -0.4 is 14.4 Å². The number of aryl methyl sites for hydroxylation is 2. The fraction of sp³-hybridized carbons (Fsp3) is 0.214. The second-order valence-corrected chi connectivity index (χ2v) is 8.77. The van der Waals surface area contributed by atoms with E-state index in [0.29, 0.717) is 29.4 Å². The van der Waals surface area contributed by atoms with Crippen molar-refractivity contribution in [2.45, 2.75) is 26.8 Å². The quantitative estimate of drug-likeness (QED) is 0.260. The topological polar surface area (TPSA) is 76.1 Å². The molecule has 1 amide bonds. The Kier molecular flexibility index (Phi) is 6.85. The van der Waals surface area contributed by atoms with Crippen LogP contribution in [0.25, 0.3) is 5.76 Å². The molecule has 1 heterocycles. The Morgan fingerprint density at radius 2 is 1.60 bits per heavy atom. The van der Waals surface area contributed by atoms with Crippen LogP contribution in [0.15, 0.2) is 66.2 Å². The first kappa shape index (κ1) is 24.4. The summed E-state index contributed by atoms with van der Waals surface area (Å²) >= 11 is 6.41. The van der Waals surface area contributed by atoms with Crippen molar-refractivity contribution in [3.8, 4) is 11.5 Å². The van der Waals surface area contributed by atoms with Gasteiger partial charge in [-0.2, -0.15) is 0 Å². The van der Waals surface area contributed by atoms with Gasteiger partial charge < -0.3 is 14.6 Å². The van der Waals surface area contributed by atoms with E-state index in [1.807, 2.05) is 39.0 Å². The highest BCUT2D eigenvalue weighted by molar-refractivity contribution is 6.52. The van der Waals surface area contributed by atoms with E-state index in [1.54, 1.807) is 49.6 Å². The molecule has 0 aliphatic carbocycles. The minimum atomic E-state index is -0.867. The third kappa shape index (κ3) is 4.62. The first-order valence-electron chi connectivity index (χ1n) is 11.2. The fourth-order valence-corrected chi connectivity index (χ4v) is 4.58. The summed E-state index contributed by atoms with van der Waals surface area (Å²) in [5.74, 6) is -0.759. The average Bonchev–Trinajstić information content (AvgIpc) is 3.10. The van der Waals surface area contributed by atoms with E-state index >= 15 is 0 Å². The minimum Gasteiger partial charge on any atom is -0.507 e. The first-order valence-corrected chi connectivity index (χ1v) is 11.6. The van der Waals surface area contributed by atoms with Crippen LogP contribution in [-0.4, -0.2) is 30.5 Å². The lowest BCUT2D eigenvalue weighted by Gasteiger charge is -2.26. The number of aliphatic hydroxyl groups excluding tert-OH is 1. The summed E-state index contributed by atoms with van der Waals surface area (Å²) in [4.78, 5) is 28.2. The van der Waals surface area contributed by atoms with Crippen LogP contribution in [0.5, 0.6) is 11.5 Å². The van der Waals surface area contributed by atoms with E-state index in [1.165, 1.54) is 4.90 Å². The summed E-state index contributed by atoms with van der Waals surface area (Å²) in [6.07, 6.45) is 0. The molecule has 7 heteroatoms. The molecule has 1 aliphatic rings. The zero-order valence-corrected chi connectivity index (χ0v) is 20.7. The minimum absolute atomic E-state index is 0.0464. The molecule has 0 saturated carbocycles. The van der Waals surface area contributed by atoms with Crippen LogP contribution in [-0.2, 0) is 9.59 Å². The van der Waals surface area contributed by atoms with Crippen molar-refractivity contribution in [3.05, 3.63) is 93.5 Å². The number of carbonyl (C=O) groups excluding carboxylic acids is 2. The lowest BCUT2D eigenvalue weighted by atomic mass is 9.94. The predicted octanol–water partition coefficient (Wildman–Crippen LogP) is 5.99. The maximum Gasteiger partial charge on any atom is 0.300 e. The molecular weight excluding hydrogens is 466 g/mol. The maximum absolute atomic E-state index is 13.4. The number of hydrogen-bond donors (Lipinski definition) is 1. The van der Waals surface area contributed by atoms with Crippen molar-refractivity contribution in [2.24, 2.45) is 0 Å². The number of methoxy groups -OCH3 is 1. The van der Waals surface area contributed by atoms with E-state index in [0.717, 1.165) is 11.1 Å². The van der Waals surface area contributed by atoms with Crippen LogP contribution in [0.3, 0.4) is 0 Å². The number of anilines is 1. The Morgan fingerprint density at radius 3 is 2.20 bits per heavy atom. The molecule has 6 nitrogen and oxygen atoms in total. The Labute approximate surface area is 209 Å². The van der Waals surface area contributed by atoms with Crippen LogP contribution in [0.4, 0.5) is 5.69 Å². The zero-order valence-electron chi connectivity index (χ0n) is 20.0. The monoisotopic (exact) mass is 491 g/mol. The van der Waals surface area contributed by atoms with Crippen molar-refractivity contribution in [1.29, 1.82) is 0 Å². The fourth-order valence-electron chi connectivity index (χ4n) is 4.38. The van der Waals surface area contributed by atoms with Crippen LogP contribution >= 0.6 is 11.6 Å². The highest BCUT2D eigenvalue weighted by Crippen LogP contribution is 2.44. The molecule has 1 aliphatic heterocycles. The molecule has 0 aromatic heterocycles. The van der Waals surface area contributed by atoms with E-state index in [9.17, 15) is 14.7 Å². The number of aliphatic hydroxyl groups is 1. The molecule has 35 heavy (non-hydrogen) atoms. The summed E-state index contributed by atoms with van der Waals surface area (Å²) in [7, 11) is 1.56. The Hall–Kier alpha value is -3.77. The molecule has 180 valence electrons. The van der Waals surface area contributed by atoms with Crippen LogP contribution in [0.1, 0.15) is 35.2 Å². The Balaban J connectivity index is 1.96. The SMILES string of the molecule is CCOc1ccc(Cl)c(/C(O)=C2\C(=O)C(=O)N(c3cc(C)cc(C)c3)C2c2ccc(OC)cc2)c1. The molecule has 1 saturated heterocycles. The first-order chi connectivity index (χ1) is 16.7. The molecule has 1 atom stereocenters. The summed E-state index contributed by atoms with van der Waals surface area (Å²) in [5, 5.41) is 11.6. The van der Waals surface area contributed by atoms with Gasteiger partial charge in [0.2, 0.25) is 0 Å². The molecule has 4 rings (SSSR count). The van der Waals surface area contributed by atoms with E-state index in [-0.39, 0.29) is 21.9 Å². The van der Waals surface area contributed by atoms with E-state index in [2.05, 4.69) is 0 Å². The van der Waals surface area contributed by atoms with E-state index in [4.69, 9.17) is 21.1 Å². The van der Waals surface area contributed by atoms with Crippen molar-refractivity contribution in [2.75, 3.05) is 18.6 Å².